The summed E-state index contributed by atoms with van der Waals surface area (Å²) in [5.74, 6) is 0.214. The van der Waals surface area contributed by atoms with Crippen molar-refractivity contribution in [2.75, 3.05) is 0 Å². The van der Waals surface area contributed by atoms with Gasteiger partial charge in [-0.15, -0.1) is 11.3 Å². The summed E-state index contributed by atoms with van der Waals surface area (Å²) in [5.41, 5.74) is 8.89. The van der Waals surface area contributed by atoms with Crippen molar-refractivity contribution in [2.45, 2.75) is 19.8 Å². The fraction of sp³-hybridized carbons (Fsp3) is 0.200. The number of carbonyl (C=O) groups is 1. The second-order valence-corrected chi connectivity index (χ2v) is 6.02. The molecule has 4 heteroatoms. The van der Waals surface area contributed by atoms with Crippen LogP contribution in [0, 0.1) is 6.92 Å². The van der Waals surface area contributed by atoms with E-state index in [1.165, 1.54) is 16.0 Å². The highest BCUT2D eigenvalue weighted by molar-refractivity contribution is 7.12. The third-order valence-electron chi connectivity index (χ3n) is 3.18. The van der Waals surface area contributed by atoms with Crippen LogP contribution in [0.15, 0.2) is 35.3 Å². The zero-order valence-electron chi connectivity index (χ0n) is 10.6. The molecule has 0 spiro atoms. The van der Waals surface area contributed by atoms with E-state index in [4.69, 9.17) is 5.73 Å². The van der Waals surface area contributed by atoms with Crippen molar-refractivity contribution in [3.63, 3.8) is 0 Å². The van der Waals surface area contributed by atoms with Crippen LogP contribution in [0.25, 0.3) is 0 Å². The van der Waals surface area contributed by atoms with Gasteiger partial charge in [0.2, 0.25) is 0 Å². The van der Waals surface area contributed by atoms with Crippen molar-refractivity contribution in [3.05, 3.63) is 56.8 Å². The molecule has 1 aromatic heterocycles. The van der Waals surface area contributed by atoms with Gasteiger partial charge in [0.15, 0.2) is 0 Å². The number of carbonyl (C=O) groups excluding carboxylic acids is 1. The quantitative estimate of drug-likeness (QED) is 0.912. The highest BCUT2D eigenvalue weighted by atomic mass is 32.1. The summed E-state index contributed by atoms with van der Waals surface area (Å²) in [4.78, 5) is 17.8. The average molecular weight is 270 g/mol. The molecule has 1 aliphatic rings. The summed E-state index contributed by atoms with van der Waals surface area (Å²) in [7, 11) is 0. The first-order chi connectivity index (χ1) is 9.11. The van der Waals surface area contributed by atoms with Crippen molar-refractivity contribution in [1.82, 2.24) is 0 Å². The minimum absolute atomic E-state index is 0.204. The van der Waals surface area contributed by atoms with Crippen LogP contribution in [0.1, 0.15) is 31.2 Å². The highest BCUT2D eigenvalue weighted by Crippen LogP contribution is 2.28. The smallest absolute Gasteiger partial charge is 0.279 e. The SMILES string of the molecule is Cc1ccc(Cc2cc3c(s2)CC(N)=NC3=O)cc1. The van der Waals surface area contributed by atoms with Crippen LogP contribution >= 0.6 is 11.3 Å². The van der Waals surface area contributed by atoms with Crippen LogP contribution in [0.4, 0.5) is 0 Å². The monoisotopic (exact) mass is 270 g/mol. The molecule has 0 radical (unpaired) electrons. The lowest BCUT2D eigenvalue weighted by Gasteiger charge is -2.05. The number of amides is 1. The van der Waals surface area contributed by atoms with E-state index in [9.17, 15) is 4.79 Å². The number of benzene rings is 1. The fourth-order valence-corrected chi connectivity index (χ4v) is 3.39. The summed E-state index contributed by atoms with van der Waals surface area (Å²) in [6.07, 6.45) is 1.45. The first kappa shape index (κ1) is 12.1. The van der Waals surface area contributed by atoms with Gasteiger partial charge >= 0.3 is 0 Å². The van der Waals surface area contributed by atoms with Crippen molar-refractivity contribution < 1.29 is 4.79 Å². The molecular formula is C15H14N2OS. The first-order valence-electron chi connectivity index (χ1n) is 6.16. The van der Waals surface area contributed by atoms with E-state index >= 15 is 0 Å². The predicted octanol–water partition coefficient (Wildman–Crippen LogP) is 2.70. The van der Waals surface area contributed by atoms with Gasteiger partial charge in [0.25, 0.3) is 5.91 Å². The number of amidine groups is 1. The number of aryl methyl sites for hydroxylation is 1. The molecule has 2 aromatic rings. The lowest BCUT2D eigenvalue weighted by molar-refractivity contribution is 0.100. The summed E-state index contributed by atoms with van der Waals surface area (Å²) in [5, 5.41) is 0. The molecule has 1 amide bonds. The number of aliphatic imine (C=N–C) groups is 1. The van der Waals surface area contributed by atoms with Crippen LogP contribution in [0.3, 0.4) is 0 Å². The second kappa shape index (κ2) is 4.63. The van der Waals surface area contributed by atoms with E-state index in [-0.39, 0.29) is 5.91 Å². The normalized spacial score (nSPS) is 14.2. The standard InChI is InChI=1S/C15H14N2OS/c1-9-2-4-10(5-3-9)6-11-7-12-13(19-11)8-14(16)17-15(12)18/h2-5,7H,6,8H2,1H3,(H2,16,17,18). The molecule has 3 rings (SSSR count). The van der Waals surface area contributed by atoms with Crippen molar-refractivity contribution in [2.24, 2.45) is 10.7 Å². The van der Waals surface area contributed by atoms with Gasteiger partial charge < -0.3 is 5.73 Å². The third kappa shape index (κ3) is 2.44. The first-order valence-corrected chi connectivity index (χ1v) is 6.98. The van der Waals surface area contributed by atoms with Gasteiger partial charge in [-0.2, -0.15) is 4.99 Å². The van der Waals surface area contributed by atoms with E-state index in [1.807, 2.05) is 6.07 Å². The van der Waals surface area contributed by atoms with Gasteiger partial charge in [0, 0.05) is 22.6 Å². The van der Waals surface area contributed by atoms with Gasteiger partial charge in [-0.25, -0.2) is 0 Å². The van der Waals surface area contributed by atoms with E-state index in [0.717, 1.165) is 16.9 Å². The summed E-state index contributed by atoms with van der Waals surface area (Å²) in [6, 6.07) is 10.4. The Hall–Kier alpha value is -1.94. The summed E-state index contributed by atoms with van der Waals surface area (Å²) >= 11 is 1.66. The average Bonchev–Trinajstić information content (AvgIpc) is 2.75. The minimum Gasteiger partial charge on any atom is -0.387 e. The number of hydrogen-bond donors (Lipinski definition) is 1. The molecule has 0 saturated carbocycles. The Morgan fingerprint density at radius 1 is 1.32 bits per heavy atom. The van der Waals surface area contributed by atoms with Crippen LogP contribution in [-0.4, -0.2) is 11.7 Å². The van der Waals surface area contributed by atoms with E-state index in [0.29, 0.717) is 12.3 Å². The molecule has 0 atom stereocenters. The maximum atomic E-state index is 11.7. The van der Waals surface area contributed by atoms with E-state index in [1.54, 1.807) is 11.3 Å². The summed E-state index contributed by atoms with van der Waals surface area (Å²) in [6.45, 7) is 2.08. The van der Waals surface area contributed by atoms with Crippen molar-refractivity contribution >= 4 is 23.1 Å². The molecule has 1 aromatic carbocycles. The highest BCUT2D eigenvalue weighted by Gasteiger charge is 2.21. The molecule has 0 fully saturated rings. The maximum Gasteiger partial charge on any atom is 0.279 e. The van der Waals surface area contributed by atoms with Gasteiger partial charge in [-0.3, -0.25) is 4.79 Å². The number of nitrogens with zero attached hydrogens (tertiary/aromatic N) is 1. The molecule has 96 valence electrons. The molecular weight excluding hydrogens is 256 g/mol. The van der Waals surface area contributed by atoms with Crippen LogP contribution in [0.2, 0.25) is 0 Å². The maximum absolute atomic E-state index is 11.7. The van der Waals surface area contributed by atoms with Gasteiger partial charge in [0.1, 0.15) is 5.84 Å². The van der Waals surface area contributed by atoms with Crippen LogP contribution in [-0.2, 0) is 12.8 Å². The Morgan fingerprint density at radius 2 is 2.05 bits per heavy atom. The number of rotatable bonds is 2. The molecule has 2 N–H and O–H groups in total. The molecule has 2 heterocycles. The minimum atomic E-state index is -0.204. The Kier molecular flexibility index (Phi) is 2.95. The largest absolute Gasteiger partial charge is 0.387 e. The molecule has 0 bridgehead atoms. The molecule has 19 heavy (non-hydrogen) atoms. The van der Waals surface area contributed by atoms with E-state index in [2.05, 4.69) is 36.2 Å². The predicted molar refractivity (Wildman–Crippen MR) is 78.0 cm³/mol. The zero-order chi connectivity index (χ0) is 13.4. The number of hydrogen-bond acceptors (Lipinski definition) is 3. The Balaban J connectivity index is 1.86. The lowest BCUT2D eigenvalue weighted by Crippen LogP contribution is -2.21. The van der Waals surface area contributed by atoms with Crippen molar-refractivity contribution in [1.29, 1.82) is 0 Å². The fourth-order valence-electron chi connectivity index (χ4n) is 2.19. The third-order valence-corrected chi connectivity index (χ3v) is 4.31. The molecule has 1 aliphatic heterocycles. The van der Waals surface area contributed by atoms with E-state index < -0.39 is 0 Å². The molecule has 0 saturated heterocycles. The van der Waals surface area contributed by atoms with Gasteiger partial charge in [-0.1, -0.05) is 29.8 Å². The topological polar surface area (TPSA) is 55.4 Å². The Morgan fingerprint density at radius 3 is 2.79 bits per heavy atom. The lowest BCUT2D eigenvalue weighted by atomic mass is 10.1. The van der Waals surface area contributed by atoms with Gasteiger partial charge in [0.05, 0.1) is 5.56 Å². The number of fused-ring (bicyclic) bond motifs is 1. The molecule has 0 unspecified atom stereocenters. The number of thiophene rings is 1. The van der Waals surface area contributed by atoms with Crippen LogP contribution < -0.4 is 5.73 Å². The Bertz CT molecular complexity index is 668. The molecule has 0 aliphatic carbocycles. The summed E-state index contributed by atoms with van der Waals surface area (Å²) < 4.78 is 0. The zero-order valence-corrected chi connectivity index (χ0v) is 11.5. The second-order valence-electron chi connectivity index (χ2n) is 4.80. The van der Waals surface area contributed by atoms with Gasteiger partial charge in [-0.05, 0) is 18.6 Å². The molecule has 3 nitrogen and oxygen atoms in total. The van der Waals surface area contributed by atoms with Crippen LogP contribution in [0.5, 0.6) is 0 Å². The number of nitrogens with two attached hydrogens (primary N) is 1. The Labute approximate surface area is 115 Å². The van der Waals surface area contributed by atoms with Crippen molar-refractivity contribution in [3.8, 4) is 0 Å².